The van der Waals surface area contributed by atoms with Gasteiger partial charge in [-0.15, -0.1) is 0 Å². The van der Waals surface area contributed by atoms with Crippen LogP contribution in [0, 0.1) is 0 Å². The minimum absolute atomic E-state index is 0.0218. The lowest BCUT2D eigenvalue weighted by Crippen LogP contribution is -2.60. The van der Waals surface area contributed by atoms with Gasteiger partial charge >= 0.3 is 11.9 Å². The molecule has 1 saturated heterocycles. The monoisotopic (exact) mass is 917 g/mol. The van der Waals surface area contributed by atoms with E-state index in [1.807, 2.05) is 30.4 Å². The molecule has 0 radical (unpaired) electrons. The highest BCUT2D eigenvalue weighted by Crippen LogP contribution is 2.24. The number of esters is 2. The number of allylic oxidation sites excluding steroid dienone is 18. The van der Waals surface area contributed by atoms with Gasteiger partial charge in [0.15, 0.2) is 12.4 Å². The maximum absolute atomic E-state index is 12.8. The summed E-state index contributed by atoms with van der Waals surface area (Å²) in [5.41, 5.74) is 0. The van der Waals surface area contributed by atoms with E-state index in [1.54, 1.807) is 0 Å². The van der Waals surface area contributed by atoms with E-state index in [4.69, 9.17) is 18.9 Å². The number of hydrogen-bond donors (Lipinski definition) is 4. The first-order chi connectivity index (χ1) is 31.0. The molecule has 0 amide bonds. The standard InChI is InChI=1S/C51H80O12S/c1-3-5-7-9-11-13-15-17-19-21-22-24-26-28-30-32-34-36-38-40-47(53)62-44(42-61-51-50(56)49(55)48(54)45(63-51)43-64(57,58)59)41-60-46(52)39-37-35-33-31-29-27-25-23-20-18-16-14-12-10-8-6-4-2/h5,7,11,13,17-20,22,24-25,27-28,30-31,33-34,36,44-45,48-51,54-56H,3-4,6,8-10,12,14-16,21,23,26,29,32,35,37-43H2,1-2H3,(H,57,58,59)/b7-5+,13-11+,19-17+,20-18+,24-22+,27-25+,30-28+,33-31+,36-34+/t44-,45-,48-,49?,50?,51+/m1/s1. The molecule has 0 saturated carbocycles. The third-order valence-electron chi connectivity index (χ3n) is 9.85. The molecule has 6 atom stereocenters. The second kappa shape index (κ2) is 39.7. The number of rotatable bonds is 37. The summed E-state index contributed by atoms with van der Waals surface area (Å²) in [6.45, 7) is 3.52. The second-order valence-electron chi connectivity index (χ2n) is 15.7. The van der Waals surface area contributed by atoms with E-state index in [-0.39, 0.29) is 19.4 Å². The molecule has 1 rings (SSSR count). The van der Waals surface area contributed by atoms with Crippen LogP contribution >= 0.6 is 0 Å². The predicted molar refractivity (Wildman–Crippen MR) is 256 cm³/mol. The number of unbranched alkanes of at least 4 members (excludes halogenated alkanes) is 7. The van der Waals surface area contributed by atoms with Crippen LogP contribution in [0.25, 0.3) is 0 Å². The molecule has 12 nitrogen and oxygen atoms in total. The Morgan fingerprint density at radius 2 is 1.02 bits per heavy atom. The van der Waals surface area contributed by atoms with Crippen molar-refractivity contribution in [3.8, 4) is 0 Å². The van der Waals surface area contributed by atoms with Crippen LogP contribution < -0.4 is 0 Å². The van der Waals surface area contributed by atoms with Crippen molar-refractivity contribution in [2.75, 3.05) is 19.0 Å². The first-order valence-electron chi connectivity index (χ1n) is 23.4. The molecule has 2 unspecified atom stereocenters. The lowest BCUT2D eigenvalue weighted by atomic mass is 10.00. The molecule has 0 spiro atoms. The Morgan fingerprint density at radius 3 is 1.53 bits per heavy atom. The zero-order valence-electron chi connectivity index (χ0n) is 38.6. The Labute approximate surface area is 385 Å². The Balaban J connectivity index is 2.54. The fourth-order valence-corrected chi connectivity index (χ4v) is 6.94. The Morgan fingerprint density at radius 1 is 0.547 bits per heavy atom. The number of carbonyl (C=O) groups excluding carboxylic acids is 2. The van der Waals surface area contributed by atoms with Crippen molar-refractivity contribution in [3.05, 3.63) is 109 Å². The molecule has 64 heavy (non-hydrogen) atoms. The Hall–Kier alpha value is -3.69. The zero-order chi connectivity index (χ0) is 46.9. The fraction of sp³-hybridized carbons (Fsp3) is 0.608. The smallest absolute Gasteiger partial charge is 0.306 e. The summed E-state index contributed by atoms with van der Waals surface area (Å²) >= 11 is 0. The van der Waals surface area contributed by atoms with Crippen LogP contribution in [0.5, 0.6) is 0 Å². The summed E-state index contributed by atoms with van der Waals surface area (Å²) in [6, 6.07) is 0. The van der Waals surface area contributed by atoms with Crippen molar-refractivity contribution >= 4 is 22.1 Å². The molecule has 4 N–H and O–H groups in total. The molecule has 362 valence electrons. The zero-order valence-corrected chi connectivity index (χ0v) is 39.4. The Kier molecular flexibility index (Phi) is 36.1. The Bertz CT molecular complexity index is 1590. The maximum Gasteiger partial charge on any atom is 0.306 e. The number of carbonyl (C=O) groups is 2. The van der Waals surface area contributed by atoms with Gasteiger partial charge in [-0.25, -0.2) is 0 Å². The summed E-state index contributed by atoms with van der Waals surface area (Å²) in [7, 11) is -4.63. The molecular weight excluding hydrogens is 837 g/mol. The molecule has 0 aromatic heterocycles. The van der Waals surface area contributed by atoms with Crippen molar-refractivity contribution in [2.24, 2.45) is 0 Å². The van der Waals surface area contributed by atoms with Crippen LogP contribution in [0.4, 0.5) is 0 Å². The normalized spacial score (nSPS) is 20.6. The number of ether oxygens (including phenoxy) is 4. The van der Waals surface area contributed by atoms with Gasteiger partial charge in [0.2, 0.25) is 0 Å². The summed E-state index contributed by atoms with van der Waals surface area (Å²) < 4.78 is 54.0. The average molecular weight is 917 g/mol. The van der Waals surface area contributed by atoms with Gasteiger partial charge in [0, 0.05) is 12.8 Å². The van der Waals surface area contributed by atoms with Crippen molar-refractivity contribution in [1.82, 2.24) is 0 Å². The molecule has 1 heterocycles. The lowest BCUT2D eigenvalue weighted by Gasteiger charge is -2.40. The van der Waals surface area contributed by atoms with Gasteiger partial charge in [0.05, 0.1) is 6.61 Å². The summed E-state index contributed by atoms with van der Waals surface area (Å²) in [4.78, 5) is 25.4. The van der Waals surface area contributed by atoms with Crippen molar-refractivity contribution in [1.29, 1.82) is 0 Å². The van der Waals surface area contributed by atoms with Gasteiger partial charge in [-0.2, -0.15) is 8.42 Å². The number of aliphatic hydroxyl groups excluding tert-OH is 3. The van der Waals surface area contributed by atoms with Gasteiger partial charge in [-0.3, -0.25) is 14.1 Å². The van der Waals surface area contributed by atoms with Crippen LogP contribution in [-0.4, -0.2) is 96.0 Å². The number of aliphatic hydroxyl groups is 3. The SMILES string of the molecule is CC/C=C/C/C=C/C/C=C/C/C=C/C/C=C/C/C=C/CCC(=O)O[C@H](COC(=O)CCC/C=C/C/C=C/C/C=C/CCCCCCCC)CO[C@H]1O[C@H](CS(=O)(=O)O)[C@@H](O)C(O)C1O. The highest BCUT2D eigenvalue weighted by atomic mass is 32.2. The molecule has 1 fully saturated rings. The molecule has 0 bridgehead atoms. The van der Waals surface area contributed by atoms with Crippen LogP contribution in [0.3, 0.4) is 0 Å². The highest BCUT2D eigenvalue weighted by Gasteiger charge is 2.46. The van der Waals surface area contributed by atoms with Gasteiger partial charge < -0.3 is 34.3 Å². The molecule has 13 heteroatoms. The van der Waals surface area contributed by atoms with E-state index in [9.17, 15) is 37.9 Å². The van der Waals surface area contributed by atoms with E-state index in [1.165, 1.54) is 38.5 Å². The predicted octanol–water partition coefficient (Wildman–Crippen LogP) is 10.0. The van der Waals surface area contributed by atoms with Gasteiger partial charge in [0.1, 0.15) is 36.8 Å². The van der Waals surface area contributed by atoms with Crippen LogP contribution in [-0.2, 0) is 38.7 Å². The minimum Gasteiger partial charge on any atom is -0.462 e. The van der Waals surface area contributed by atoms with Crippen LogP contribution in [0.2, 0.25) is 0 Å². The van der Waals surface area contributed by atoms with Crippen LogP contribution in [0.15, 0.2) is 109 Å². The first kappa shape index (κ1) is 58.3. The maximum atomic E-state index is 12.8. The van der Waals surface area contributed by atoms with Gasteiger partial charge in [0.25, 0.3) is 10.1 Å². The van der Waals surface area contributed by atoms with E-state index in [0.717, 1.165) is 51.4 Å². The fourth-order valence-electron chi connectivity index (χ4n) is 6.25. The average Bonchev–Trinajstić information content (AvgIpc) is 3.26. The third-order valence-corrected chi connectivity index (χ3v) is 10.6. The highest BCUT2D eigenvalue weighted by molar-refractivity contribution is 7.85. The third kappa shape index (κ3) is 33.8. The number of hydrogen-bond acceptors (Lipinski definition) is 11. The second-order valence-corrected chi connectivity index (χ2v) is 17.2. The summed E-state index contributed by atoms with van der Waals surface area (Å²) in [5, 5.41) is 30.9. The largest absolute Gasteiger partial charge is 0.462 e. The minimum atomic E-state index is -4.63. The lowest BCUT2D eigenvalue weighted by molar-refractivity contribution is -0.297. The van der Waals surface area contributed by atoms with Gasteiger partial charge in [-0.05, 0) is 83.5 Å². The van der Waals surface area contributed by atoms with E-state index in [2.05, 4.69) is 92.8 Å². The topological polar surface area (TPSA) is 186 Å². The first-order valence-corrected chi connectivity index (χ1v) is 25.1. The molecular formula is C51H80O12S. The summed E-state index contributed by atoms with van der Waals surface area (Å²) in [5.74, 6) is -2.18. The molecule has 0 aromatic rings. The van der Waals surface area contributed by atoms with E-state index < -0.39 is 71.2 Å². The summed E-state index contributed by atoms with van der Waals surface area (Å²) in [6.07, 6.45) is 45.8. The van der Waals surface area contributed by atoms with Crippen molar-refractivity contribution in [3.63, 3.8) is 0 Å². The van der Waals surface area contributed by atoms with Crippen molar-refractivity contribution in [2.45, 2.75) is 179 Å². The van der Waals surface area contributed by atoms with Crippen molar-refractivity contribution < 1.29 is 56.8 Å². The van der Waals surface area contributed by atoms with Gasteiger partial charge in [-0.1, -0.05) is 155 Å². The molecule has 0 aliphatic carbocycles. The molecule has 1 aliphatic rings. The van der Waals surface area contributed by atoms with E-state index >= 15 is 0 Å². The van der Waals surface area contributed by atoms with E-state index in [0.29, 0.717) is 25.7 Å². The molecule has 1 aliphatic heterocycles. The quantitative estimate of drug-likeness (QED) is 0.0200. The molecule has 0 aromatic carbocycles. The van der Waals surface area contributed by atoms with Crippen LogP contribution in [0.1, 0.15) is 142 Å².